The first-order valence-electron chi connectivity index (χ1n) is 6.27. The van der Waals surface area contributed by atoms with Crippen LogP contribution in [0.2, 0.25) is 0 Å². The van der Waals surface area contributed by atoms with Crippen LogP contribution < -0.4 is 11.1 Å². The molecule has 0 aliphatic carbocycles. The largest absolute Gasteiger partial charge is 0.348 e. The van der Waals surface area contributed by atoms with E-state index in [0.29, 0.717) is 0 Å². The van der Waals surface area contributed by atoms with Crippen molar-refractivity contribution in [2.45, 2.75) is 39.3 Å². The molecule has 0 spiro atoms. The summed E-state index contributed by atoms with van der Waals surface area (Å²) in [6.07, 6.45) is 0.861. The Morgan fingerprint density at radius 1 is 1.33 bits per heavy atom. The van der Waals surface area contributed by atoms with Crippen molar-refractivity contribution in [3.63, 3.8) is 0 Å². The standard InChI is InChI=1S/C14H21FN2O/c1-4-9(2)13(16)14(18)17-10(3)11-5-7-12(15)8-6-11/h5-10,13H,4,16H2,1-3H3,(H,17,18)/t9-,10-,13-/m0/s1. The van der Waals surface area contributed by atoms with Crippen LogP contribution in [0.5, 0.6) is 0 Å². The number of carbonyl (C=O) groups is 1. The Morgan fingerprint density at radius 2 is 1.89 bits per heavy atom. The molecular formula is C14H21FN2O. The summed E-state index contributed by atoms with van der Waals surface area (Å²) in [5.41, 5.74) is 6.71. The number of nitrogens with two attached hydrogens (primary N) is 1. The molecule has 3 N–H and O–H groups in total. The van der Waals surface area contributed by atoms with E-state index in [0.717, 1.165) is 12.0 Å². The van der Waals surface area contributed by atoms with Gasteiger partial charge in [0.05, 0.1) is 12.1 Å². The van der Waals surface area contributed by atoms with Crippen molar-refractivity contribution in [1.82, 2.24) is 5.32 Å². The van der Waals surface area contributed by atoms with Crippen LogP contribution >= 0.6 is 0 Å². The predicted octanol–water partition coefficient (Wildman–Crippen LogP) is 2.38. The van der Waals surface area contributed by atoms with Gasteiger partial charge in [0.1, 0.15) is 5.82 Å². The molecule has 1 aromatic rings. The third-order valence-corrected chi connectivity index (χ3v) is 3.29. The highest BCUT2D eigenvalue weighted by molar-refractivity contribution is 5.82. The van der Waals surface area contributed by atoms with Crippen molar-refractivity contribution in [3.05, 3.63) is 35.6 Å². The van der Waals surface area contributed by atoms with Gasteiger partial charge >= 0.3 is 0 Å². The minimum Gasteiger partial charge on any atom is -0.348 e. The number of nitrogens with one attached hydrogen (secondary N) is 1. The molecule has 0 aliphatic heterocycles. The van der Waals surface area contributed by atoms with Crippen LogP contribution in [-0.4, -0.2) is 11.9 Å². The SMILES string of the molecule is CC[C@H](C)[C@H](N)C(=O)N[C@@H](C)c1ccc(F)cc1. The Kier molecular flexibility index (Phi) is 5.28. The first-order valence-corrected chi connectivity index (χ1v) is 6.27. The highest BCUT2D eigenvalue weighted by atomic mass is 19.1. The van der Waals surface area contributed by atoms with Crippen LogP contribution in [0, 0.1) is 11.7 Å². The molecule has 1 rings (SSSR count). The average molecular weight is 252 g/mol. The topological polar surface area (TPSA) is 55.1 Å². The maximum absolute atomic E-state index is 12.8. The van der Waals surface area contributed by atoms with Crippen LogP contribution in [0.3, 0.4) is 0 Å². The molecule has 0 saturated heterocycles. The van der Waals surface area contributed by atoms with E-state index in [1.807, 2.05) is 20.8 Å². The van der Waals surface area contributed by atoms with Gasteiger partial charge in [-0.3, -0.25) is 4.79 Å². The summed E-state index contributed by atoms with van der Waals surface area (Å²) in [6, 6.07) is 5.41. The third-order valence-electron chi connectivity index (χ3n) is 3.29. The molecule has 1 aromatic carbocycles. The van der Waals surface area contributed by atoms with E-state index >= 15 is 0 Å². The van der Waals surface area contributed by atoms with E-state index in [2.05, 4.69) is 5.32 Å². The maximum Gasteiger partial charge on any atom is 0.237 e. The van der Waals surface area contributed by atoms with Gasteiger partial charge in [-0.05, 0) is 30.5 Å². The molecule has 0 unspecified atom stereocenters. The molecule has 3 nitrogen and oxygen atoms in total. The second-order valence-corrected chi connectivity index (χ2v) is 4.69. The van der Waals surface area contributed by atoms with E-state index in [4.69, 9.17) is 5.73 Å². The average Bonchev–Trinajstić information content (AvgIpc) is 2.37. The zero-order chi connectivity index (χ0) is 13.7. The number of hydrogen-bond acceptors (Lipinski definition) is 2. The lowest BCUT2D eigenvalue weighted by molar-refractivity contribution is -0.124. The minimum absolute atomic E-state index is 0.144. The molecule has 18 heavy (non-hydrogen) atoms. The summed E-state index contributed by atoms with van der Waals surface area (Å²) in [5.74, 6) is -0.305. The third kappa shape index (κ3) is 3.81. The highest BCUT2D eigenvalue weighted by Gasteiger charge is 2.21. The van der Waals surface area contributed by atoms with Crippen LogP contribution in [-0.2, 0) is 4.79 Å². The minimum atomic E-state index is -0.502. The van der Waals surface area contributed by atoms with E-state index < -0.39 is 6.04 Å². The first kappa shape index (κ1) is 14.6. The first-order chi connectivity index (χ1) is 8.45. The van der Waals surface area contributed by atoms with Crippen molar-refractivity contribution < 1.29 is 9.18 Å². The van der Waals surface area contributed by atoms with Crippen LogP contribution in [0.25, 0.3) is 0 Å². The van der Waals surface area contributed by atoms with Crippen molar-refractivity contribution in [2.75, 3.05) is 0 Å². The monoisotopic (exact) mass is 252 g/mol. The highest BCUT2D eigenvalue weighted by Crippen LogP contribution is 2.14. The second kappa shape index (κ2) is 6.50. The summed E-state index contributed by atoms with van der Waals surface area (Å²) in [4.78, 5) is 11.9. The fraction of sp³-hybridized carbons (Fsp3) is 0.500. The molecule has 0 aromatic heterocycles. The smallest absolute Gasteiger partial charge is 0.237 e. The molecule has 0 saturated carbocycles. The predicted molar refractivity (Wildman–Crippen MR) is 70.4 cm³/mol. The zero-order valence-corrected chi connectivity index (χ0v) is 11.1. The molecule has 1 amide bonds. The molecule has 0 bridgehead atoms. The van der Waals surface area contributed by atoms with Crippen molar-refractivity contribution in [2.24, 2.45) is 11.7 Å². The number of carbonyl (C=O) groups excluding carboxylic acids is 1. The van der Waals surface area contributed by atoms with Gasteiger partial charge in [0.2, 0.25) is 5.91 Å². The Bertz CT molecular complexity index is 391. The molecule has 3 atom stereocenters. The molecule has 0 aliphatic rings. The normalized spacial score (nSPS) is 15.8. The van der Waals surface area contributed by atoms with Gasteiger partial charge in [-0.25, -0.2) is 4.39 Å². The summed E-state index contributed by atoms with van der Waals surface area (Å²) in [6.45, 7) is 5.81. The fourth-order valence-electron chi connectivity index (χ4n) is 1.66. The van der Waals surface area contributed by atoms with Gasteiger partial charge in [0, 0.05) is 0 Å². The number of hydrogen-bond donors (Lipinski definition) is 2. The molecule has 4 heteroatoms. The summed E-state index contributed by atoms with van der Waals surface area (Å²) in [5, 5.41) is 2.84. The van der Waals surface area contributed by atoms with Crippen molar-refractivity contribution >= 4 is 5.91 Å². The lowest BCUT2D eigenvalue weighted by Gasteiger charge is -2.21. The molecular weight excluding hydrogens is 231 g/mol. The summed E-state index contributed by atoms with van der Waals surface area (Å²) >= 11 is 0. The molecule has 0 radical (unpaired) electrons. The fourth-order valence-corrected chi connectivity index (χ4v) is 1.66. The van der Waals surface area contributed by atoms with Gasteiger partial charge < -0.3 is 11.1 Å². The van der Waals surface area contributed by atoms with Gasteiger partial charge in [0.25, 0.3) is 0 Å². The second-order valence-electron chi connectivity index (χ2n) is 4.69. The number of rotatable bonds is 5. The molecule has 0 heterocycles. The van der Waals surface area contributed by atoms with Crippen LogP contribution in [0.1, 0.15) is 38.8 Å². The van der Waals surface area contributed by atoms with E-state index in [9.17, 15) is 9.18 Å². The van der Waals surface area contributed by atoms with Gasteiger partial charge in [-0.15, -0.1) is 0 Å². The van der Waals surface area contributed by atoms with E-state index in [-0.39, 0.29) is 23.7 Å². The molecule has 0 fully saturated rings. The van der Waals surface area contributed by atoms with Crippen molar-refractivity contribution in [3.8, 4) is 0 Å². The lowest BCUT2D eigenvalue weighted by atomic mass is 9.98. The number of benzene rings is 1. The summed E-state index contributed by atoms with van der Waals surface area (Å²) < 4.78 is 12.8. The number of amides is 1. The Hall–Kier alpha value is -1.42. The number of halogens is 1. The van der Waals surface area contributed by atoms with E-state index in [1.165, 1.54) is 12.1 Å². The lowest BCUT2D eigenvalue weighted by Crippen LogP contribution is -2.45. The zero-order valence-electron chi connectivity index (χ0n) is 11.1. The van der Waals surface area contributed by atoms with Gasteiger partial charge in [-0.2, -0.15) is 0 Å². The Morgan fingerprint density at radius 3 is 2.39 bits per heavy atom. The van der Waals surface area contributed by atoms with Crippen molar-refractivity contribution in [1.29, 1.82) is 0 Å². The van der Waals surface area contributed by atoms with Crippen LogP contribution in [0.4, 0.5) is 4.39 Å². The molecule has 100 valence electrons. The Balaban J connectivity index is 2.61. The maximum atomic E-state index is 12.8. The van der Waals surface area contributed by atoms with Crippen LogP contribution in [0.15, 0.2) is 24.3 Å². The van der Waals surface area contributed by atoms with Gasteiger partial charge in [0.15, 0.2) is 0 Å². The summed E-state index contributed by atoms with van der Waals surface area (Å²) in [7, 11) is 0. The van der Waals surface area contributed by atoms with Gasteiger partial charge in [-0.1, -0.05) is 32.4 Å². The Labute approximate surface area is 108 Å². The quantitative estimate of drug-likeness (QED) is 0.845. The van der Waals surface area contributed by atoms with E-state index in [1.54, 1.807) is 12.1 Å².